The highest BCUT2D eigenvalue weighted by Crippen LogP contribution is 2.25. The standard InChI is InChI=1S/C24H31FN2O4S/c1-18-14-21(20-6-4-3-5-7-20)15-22(24(18)25)23(28)16-26-32(29,30)17-19-8-10-27(11-9-19)12-13-31-2/h3-7,14-15,19,26H,8-13,16-17H2,1-2H3. The molecule has 0 spiro atoms. The van der Waals surface area contributed by atoms with Gasteiger partial charge in [-0.05, 0) is 67.6 Å². The van der Waals surface area contributed by atoms with Crippen LogP contribution in [0.2, 0.25) is 0 Å². The number of aryl methyl sites for hydroxylation is 1. The number of halogens is 1. The first-order valence-electron chi connectivity index (χ1n) is 10.9. The summed E-state index contributed by atoms with van der Waals surface area (Å²) in [7, 11) is -1.98. The summed E-state index contributed by atoms with van der Waals surface area (Å²) in [5, 5.41) is 0. The van der Waals surface area contributed by atoms with Crippen molar-refractivity contribution in [2.24, 2.45) is 5.92 Å². The Morgan fingerprint density at radius 2 is 1.84 bits per heavy atom. The summed E-state index contributed by atoms with van der Waals surface area (Å²) in [6.45, 7) is 4.31. The molecule has 1 N–H and O–H groups in total. The molecular weight excluding hydrogens is 431 g/mol. The Morgan fingerprint density at radius 1 is 1.16 bits per heavy atom. The molecule has 0 unspecified atom stereocenters. The minimum absolute atomic E-state index is 0.0238. The van der Waals surface area contributed by atoms with E-state index in [0.717, 1.165) is 43.6 Å². The molecule has 0 amide bonds. The summed E-state index contributed by atoms with van der Waals surface area (Å²) in [5.41, 5.74) is 1.83. The number of ketones is 1. The van der Waals surface area contributed by atoms with Crippen molar-refractivity contribution >= 4 is 15.8 Å². The number of Topliss-reactive ketones (excluding diaryl/α,β-unsaturated/α-hetero) is 1. The second kappa shape index (κ2) is 11.1. The summed E-state index contributed by atoms with van der Waals surface area (Å²) in [6.07, 6.45) is 1.57. The number of ether oxygens (including phenoxy) is 1. The summed E-state index contributed by atoms with van der Waals surface area (Å²) >= 11 is 0. The van der Waals surface area contributed by atoms with Gasteiger partial charge in [-0.3, -0.25) is 4.79 Å². The van der Waals surface area contributed by atoms with E-state index < -0.39 is 28.2 Å². The highest BCUT2D eigenvalue weighted by molar-refractivity contribution is 7.89. The van der Waals surface area contributed by atoms with Gasteiger partial charge in [-0.15, -0.1) is 0 Å². The number of rotatable bonds is 10. The summed E-state index contributed by atoms with van der Waals surface area (Å²) in [6, 6.07) is 12.5. The van der Waals surface area contributed by atoms with E-state index in [0.29, 0.717) is 12.2 Å². The molecule has 1 saturated heterocycles. The van der Waals surface area contributed by atoms with Gasteiger partial charge in [-0.1, -0.05) is 30.3 Å². The molecule has 0 aliphatic carbocycles. The van der Waals surface area contributed by atoms with Crippen molar-refractivity contribution in [3.63, 3.8) is 0 Å². The van der Waals surface area contributed by atoms with E-state index >= 15 is 0 Å². The van der Waals surface area contributed by atoms with Crippen LogP contribution in [0.15, 0.2) is 42.5 Å². The Bertz CT molecular complexity index is 1020. The van der Waals surface area contributed by atoms with Crippen LogP contribution in [0.5, 0.6) is 0 Å². The molecule has 0 aromatic heterocycles. The molecule has 1 aliphatic heterocycles. The van der Waals surface area contributed by atoms with E-state index in [1.165, 1.54) is 6.07 Å². The Morgan fingerprint density at radius 3 is 2.50 bits per heavy atom. The van der Waals surface area contributed by atoms with Crippen molar-refractivity contribution in [3.8, 4) is 11.1 Å². The molecule has 6 nitrogen and oxygen atoms in total. The molecule has 1 aliphatic rings. The van der Waals surface area contributed by atoms with Crippen molar-refractivity contribution in [1.29, 1.82) is 0 Å². The maximum atomic E-state index is 14.7. The fourth-order valence-electron chi connectivity index (χ4n) is 4.01. The van der Waals surface area contributed by atoms with E-state index in [9.17, 15) is 17.6 Å². The Hall–Kier alpha value is -2.13. The molecule has 32 heavy (non-hydrogen) atoms. The third kappa shape index (κ3) is 6.68. The average molecular weight is 463 g/mol. The van der Waals surface area contributed by atoms with Crippen LogP contribution in [0.25, 0.3) is 11.1 Å². The molecule has 2 aromatic carbocycles. The van der Waals surface area contributed by atoms with Crippen LogP contribution < -0.4 is 4.72 Å². The number of hydrogen-bond acceptors (Lipinski definition) is 5. The summed E-state index contributed by atoms with van der Waals surface area (Å²) in [4.78, 5) is 15.0. The third-order valence-corrected chi connectivity index (χ3v) is 7.38. The number of sulfonamides is 1. The van der Waals surface area contributed by atoms with Crippen molar-refractivity contribution in [1.82, 2.24) is 9.62 Å². The molecule has 0 radical (unpaired) electrons. The molecular formula is C24H31FN2O4S. The van der Waals surface area contributed by atoms with Gasteiger partial charge in [0.15, 0.2) is 5.78 Å². The highest BCUT2D eigenvalue weighted by atomic mass is 32.2. The van der Waals surface area contributed by atoms with Crippen LogP contribution >= 0.6 is 0 Å². The van der Waals surface area contributed by atoms with Crippen molar-refractivity contribution < 1.29 is 22.3 Å². The van der Waals surface area contributed by atoms with Gasteiger partial charge < -0.3 is 9.64 Å². The van der Waals surface area contributed by atoms with Gasteiger partial charge in [0, 0.05) is 13.7 Å². The van der Waals surface area contributed by atoms with Crippen LogP contribution in [-0.2, 0) is 14.8 Å². The van der Waals surface area contributed by atoms with Gasteiger partial charge in [0.25, 0.3) is 0 Å². The predicted octanol–water partition coefficient (Wildman–Crippen LogP) is 3.26. The molecule has 3 rings (SSSR count). The van der Waals surface area contributed by atoms with Gasteiger partial charge in [-0.25, -0.2) is 17.5 Å². The topological polar surface area (TPSA) is 75.7 Å². The maximum Gasteiger partial charge on any atom is 0.212 e. The number of methoxy groups -OCH3 is 1. The third-order valence-electron chi connectivity index (χ3n) is 5.89. The van der Waals surface area contributed by atoms with Gasteiger partial charge in [0.1, 0.15) is 5.82 Å². The smallest absolute Gasteiger partial charge is 0.212 e. The molecule has 0 atom stereocenters. The zero-order valence-electron chi connectivity index (χ0n) is 18.6. The first-order chi connectivity index (χ1) is 15.3. The number of piperidine rings is 1. The lowest BCUT2D eigenvalue weighted by atomic mass is 9.98. The van der Waals surface area contributed by atoms with E-state index in [2.05, 4.69) is 9.62 Å². The van der Waals surface area contributed by atoms with Crippen molar-refractivity contribution in [2.75, 3.05) is 45.6 Å². The largest absolute Gasteiger partial charge is 0.383 e. The first kappa shape index (κ1) is 24.5. The lowest BCUT2D eigenvalue weighted by Gasteiger charge is -2.31. The summed E-state index contributed by atoms with van der Waals surface area (Å²) < 4.78 is 47.2. The second-order valence-corrected chi connectivity index (χ2v) is 10.2. The van der Waals surface area contributed by atoms with Crippen LogP contribution in [-0.4, -0.2) is 64.7 Å². The minimum Gasteiger partial charge on any atom is -0.383 e. The second-order valence-electron chi connectivity index (χ2n) is 8.32. The predicted molar refractivity (Wildman–Crippen MR) is 124 cm³/mol. The normalized spacial score (nSPS) is 15.7. The fourth-order valence-corrected chi connectivity index (χ4v) is 5.43. The van der Waals surface area contributed by atoms with E-state index in [1.807, 2.05) is 30.3 Å². The quantitative estimate of drug-likeness (QED) is 0.549. The van der Waals surface area contributed by atoms with Gasteiger partial charge in [-0.2, -0.15) is 0 Å². The zero-order chi connectivity index (χ0) is 23.1. The van der Waals surface area contributed by atoms with Gasteiger partial charge in [0.05, 0.1) is 24.5 Å². The van der Waals surface area contributed by atoms with Crippen LogP contribution in [0.1, 0.15) is 28.8 Å². The Kier molecular flexibility index (Phi) is 8.53. The minimum atomic E-state index is -3.64. The number of carbonyl (C=O) groups is 1. The molecule has 8 heteroatoms. The number of hydrogen-bond donors (Lipinski definition) is 1. The molecule has 2 aromatic rings. The average Bonchev–Trinajstić information content (AvgIpc) is 2.79. The summed E-state index contributed by atoms with van der Waals surface area (Å²) in [5.74, 6) is -1.18. The lowest BCUT2D eigenvalue weighted by Crippen LogP contribution is -2.40. The fraction of sp³-hybridized carbons (Fsp3) is 0.458. The molecule has 0 bridgehead atoms. The number of nitrogens with one attached hydrogen (secondary N) is 1. The number of benzene rings is 2. The van der Waals surface area contributed by atoms with E-state index in [4.69, 9.17) is 4.74 Å². The zero-order valence-corrected chi connectivity index (χ0v) is 19.5. The van der Waals surface area contributed by atoms with E-state index in [1.54, 1.807) is 20.1 Å². The number of likely N-dealkylation sites (tertiary alicyclic amines) is 1. The molecule has 1 heterocycles. The molecule has 1 fully saturated rings. The van der Waals surface area contributed by atoms with E-state index in [-0.39, 0.29) is 17.2 Å². The van der Waals surface area contributed by atoms with Crippen molar-refractivity contribution in [2.45, 2.75) is 19.8 Å². The molecule has 174 valence electrons. The van der Waals surface area contributed by atoms with Gasteiger partial charge >= 0.3 is 0 Å². The van der Waals surface area contributed by atoms with Crippen molar-refractivity contribution in [3.05, 3.63) is 59.4 Å². The highest BCUT2D eigenvalue weighted by Gasteiger charge is 2.25. The monoisotopic (exact) mass is 462 g/mol. The van der Waals surface area contributed by atoms with Gasteiger partial charge in [0.2, 0.25) is 10.0 Å². The maximum absolute atomic E-state index is 14.7. The number of carbonyl (C=O) groups excluding carboxylic acids is 1. The molecule has 0 saturated carbocycles. The van der Waals surface area contributed by atoms with Crippen LogP contribution in [0.4, 0.5) is 4.39 Å². The lowest BCUT2D eigenvalue weighted by molar-refractivity contribution is 0.0993. The van der Waals surface area contributed by atoms with Crippen LogP contribution in [0, 0.1) is 18.7 Å². The first-order valence-corrected chi connectivity index (χ1v) is 12.5. The Labute approximate surface area is 189 Å². The van der Waals surface area contributed by atoms with Crippen LogP contribution in [0.3, 0.4) is 0 Å². The SMILES string of the molecule is COCCN1CCC(CS(=O)(=O)NCC(=O)c2cc(-c3ccccc3)cc(C)c2F)CC1. The Balaban J connectivity index is 1.60. The number of nitrogens with zero attached hydrogens (tertiary/aromatic N) is 1.